The van der Waals surface area contributed by atoms with Crippen LogP contribution in [0.25, 0.3) is 0 Å². The second-order valence-electron chi connectivity index (χ2n) is 5.77. The summed E-state index contributed by atoms with van der Waals surface area (Å²) in [6.45, 7) is 0.641. The molecular weight excluding hydrogens is 292 g/mol. The Balaban J connectivity index is 1.47. The molecule has 2 aromatic rings. The topological polar surface area (TPSA) is 47.9 Å². The summed E-state index contributed by atoms with van der Waals surface area (Å²) < 4.78 is 17.2. The molecule has 0 aliphatic heterocycles. The van der Waals surface area contributed by atoms with Crippen LogP contribution in [0.4, 0.5) is 0 Å². The maximum absolute atomic E-state index is 9.16. The molecule has 0 heterocycles. The molecule has 0 atom stereocenters. The van der Waals surface area contributed by atoms with Crippen molar-refractivity contribution in [2.75, 3.05) is 7.11 Å². The van der Waals surface area contributed by atoms with Crippen molar-refractivity contribution in [2.45, 2.75) is 38.3 Å². The molecule has 0 aromatic heterocycles. The van der Waals surface area contributed by atoms with Gasteiger partial charge >= 0.3 is 0 Å². The molecule has 4 heteroatoms. The summed E-state index contributed by atoms with van der Waals surface area (Å²) in [7, 11) is 1.61. The summed E-state index contributed by atoms with van der Waals surface area (Å²) in [5.74, 6) is 1.38. The Kier molecular flexibility index (Phi) is 5.16. The fourth-order valence-corrected chi connectivity index (χ4v) is 2.63. The minimum atomic E-state index is -0.00450. The van der Waals surface area contributed by atoms with Crippen molar-refractivity contribution in [1.29, 1.82) is 0 Å². The summed E-state index contributed by atoms with van der Waals surface area (Å²) in [5, 5.41) is 9.16. The predicted octanol–water partition coefficient (Wildman–Crippen LogP) is 3.31. The van der Waals surface area contributed by atoms with Gasteiger partial charge < -0.3 is 19.3 Å². The van der Waals surface area contributed by atoms with Gasteiger partial charge in [-0.3, -0.25) is 0 Å². The molecule has 0 spiro atoms. The Morgan fingerprint density at radius 2 is 1.74 bits per heavy atom. The lowest BCUT2D eigenvalue weighted by Crippen LogP contribution is -2.39. The molecule has 4 nitrogen and oxygen atoms in total. The maximum atomic E-state index is 9.16. The van der Waals surface area contributed by atoms with Gasteiger partial charge in [-0.15, -0.1) is 0 Å². The smallest absolute Gasteiger partial charge is 0.161 e. The lowest BCUT2D eigenvalue weighted by molar-refractivity contribution is -0.0688. The highest BCUT2D eigenvalue weighted by Gasteiger charge is 2.32. The van der Waals surface area contributed by atoms with Crippen molar-refractivity contribution < 1.29 is 19.3 Å². The van der Waals surface area contributed by atoms with Gasteiger partial charge in [-0.05, 0) is 23.3 Å². The van der Waals surface area contributed by atoms with Crippen LogP contribution in [0.5, 0.6) is 11.5 Å². The first-order chi connectivity index (χ1) is 11.3. The van der Waals surface area contributed by atoms with Gasteiger partial charge in [0, 0.05) is 12.8 Å². The molecule has 122 valence electrons. The highest BCUT2D eigenvalue weighted by molar-refractivity contribution is 5.43. The molecule has 1 aliphatic carbocycles. The van der Waals surface area contributed by atoms with Crippen LogP contribution in [0.2, 0.25) is 0 Å². The molecule has 0 saturated heterocycles. The summed E-state index contributed by atoms with van der Waals surface area (Å²) in [5.41, 5.74) is 2.00. The molecule has 1 aliphatic rings. The first-order valence-corrected chi connectivity index (χ1v) is 7.88. The van der Waals surface area contributed by atoms with E-state index in [1.807, 2.05) is 30.3 Å². The fraction of sp³-hybridized carbons (Fsp3) is 0.368. The second kappa shape index (κ2) is 7.49. The lowest BCUT2D eigenvalue weighted by Gasteiger charge is -2.35. The summed E-state index contributed by atoms with van der Waals surface area (Å²) in [4.78, 5) is 0. The van der Waals surface area contributed by atoms with E-state index in [0.29, 0.717) is 12.4 Å². The molecule has 0 amide bonds. The van der Waals surface area contributed by atoms with Gasteiger partial charge in [0.2, 0.25) is 0 Å². The molecule has 3 rings (SSSR count). The third-order valence-electron chi connectivity index (χ3n) is 4.08. The van der Waals surface area contributed by atoms with E-state index in [9.17, 15) is 0 Å². The number of aliphatic hydroxyl groups excluding tert-OH is 1. The number of aliphatic hydroxyl groups is 1. The Hall–Kier alpha value is -2.04. The van der Waals surface area contributed by atoms with Crippen LogP contribution in [0.3, 0.4) is 0 Å². The monoisotopic (exact) mass is 314 g/mol. The van der Waals surface area contributed by atoms with E-state index in [2.05, 4.69) is 12.1 Å². The third-order valence-corrected chi connectivity index (χ3v) is 4.08. The number of methoxy groups -OCH3 is 1. The van der Waals surface area contributed by atoms with Crippen LogP contribution in [-0.2, 0) is 18.0 Å². The highest BCUT2D eigenvalue weighted by Crippen LogP contribution is 2.34. The molecule has 1 fully saturated rings. The van der Waals surface area contributed by atoms with E-state index in [0.717, 1.165) is 24.2 Å². The average Bonchev–Trinajstić information content (AvgIpc) is 2.57. The Morgan fingerprint density at radius 1 is 0.957 bits per heavy atom. The molecule has 1 N–H and O–H groups in total. The molecular formula is C19H22O4. The van der Waals surface area contributed by atoms with E-state index in [-0.39, 0.29) is 18.8 Å². The van der Waals surface area contributed by atoms with Crippen LogP contribution in [0.15, 0.2) is 48.5 Å². The highest BCUT2D eigenvalue weighted by atomic mass is 16.5. The number of hydrogen-bond acceptors (Lipinski definition) is 4. The summed E-state index contributed by atoms with van der Waals surface area (Å²) in [6, 6.07) is 15.7. The number of rotatable bonds is 7. The number of ether oxygens (including phenoxy) is 3. The van der Waals surface area contributed by atoms with Crippen molar-refractivity contribution in [3.63, 3.8) is 0 Å². The first-order valence-electron chi connectivity index (χ1n) is 7.88. The van der Waals surface area contributed by atoms with Gasteiger partial charge in [0.1, 0.15) is 6.10 Å². The lowest BCUT2D eigenvalue weighted by atomic mass is 9.92. The van der Waals surface area contributed by atoms with Crippen molar-refractivity contribution >= 4 is 0 Å². The quantitative estimate of drug-likeness (QED) is 0.852. The second-order valence-corrected chi connectivity index (χ2v) is 5.77. The number of hydrogen-bond donors (Lipinski definition) is 1. The van der Waals surface area contributed by atoms with Gasteiger partial charge in [0.25, 0.3) is 0 Å². The van der Waals surface area contributed by atoms with Gasteiger partial charge in [0.05, 0.1) is 26.4 Å². The van der Waals surface area contributed by atoms with Crippen molar-refractivity contribution in [1.82, 2.24) is 0 Å². The molecule has 0 radical (unpaired) electrons. The summed E-state index contributed by atoms with van der Waals surface area (Å²) >= 11 is 0. The van der Waals surface area contributed by atoms with Crippen LogP contribution in [0.1, 0.15) is 24.0 Å². The zero-order valence-electron chi connectivity index (χ0n) is 13.3. The fourth-order valence-electron chi connectivity index (χ4n) is 2.63. The van der Waals surface area contributed by atoms with Crippen LogP contribution in [0, 0.1) is 0 Å². The largest absolute Gasteiger partial charge is 0.493 e. The Labute approximate surface area is 136 Å². The first kappa shape index (κ1) is 15.8. The van der Waals surface area contributed by atoms with Crippen molar-refractivity contribution in [3.05, 3.63) is 59.7 Å². The Morgan fingerprint density at radius 3 is 2.43 bits per heavy atom. The standard InChI is InChI=1S/C19H22O4/c1-21-19-9-15(12-20)7-8-18(19)23-17-10-16(11-17)22-13-14-5-3-2-4-6-14/h2-9,16-17,20H,10-13H2,1H3. The number of benzene rings is 2. The van der Waals surface area contributed by atoms with Crippen molar-refractivity contribution in [2.24, 2.45) is 0 Å². The average molecular weight is 314 g/mol. The van der Waals surface area contributed by atoms with Crippen molar-refractivity contribution in [3.8, 4) is 11.5 Å². The van der Waals surface area contributed by atoms with E-state index >= 15 is 0 Å². The minimum absolute atomic E-state index is 0.00450. The SMILES string of the molecule is COc1cc(CO)ccc1OC1CC(OCc2ccccc2)C1. The van der Waals surface area contributed by atoms with E-state index in [4.69, 9.17) is 19.3 Å². The molecule has 0 unspecified atom stereocenters. The third kappa shape index (κ3) is 4.03. The van der Waals surface area contributed by atoms with E-state index in [1.165, 1.54) is 5.56 Å². The minimum Gasteiger partial charge on any atom is -0.493 e. The van der Waals surface area contributed by atoms with E-state index < -0.39 is 0 Å². The summed E-state index contributed by atoms with van der Waals surface area (Å²) in [6.07, 6.45) is 2.18. The predicted molar refractivity (Wildman–Crippen MR) is 87.6 cm³/mol. The van der Waals surface area contributed by atoms with E-state index in [1.54, 1.807) is 13.2 Å². The Bertz CT molecular complexity index is 621. The molecule has 23 heavy (non-hydrogen) atoms. The normalized spacial score (nSPS) is 19.9. The van der Waals surface area contributed by atoms with Crippen LogP contribution >= 0.6 is 0 Å². The zero-order valence-corrected chi connectivity index (χ0v) is 13.3. The van der Waals surface area contributed by atoms with Crippen LogP contribution < -0.4 is 9.47 Å². The van der Waals surface area contributed by atoms with Gasteiger partial charge in [0.15, 0.2) is 11.5 Å². The van der Waals surface area contributed by atoms with Gasteiger partial charge in [-0.25, -0.2) is 0 Å². The zero-order chi connectivity index (χ0) is 16.1. The van der Waals surface area contributed by atoms with Crippen LogP contribution in [-0.4, -0.2) is 24.4 Å². The molecule has 1 saturated carbocycles. The van der Waals surface area contributed by atoms with Gasteiger partial charge in [-0.2, -0.15) is 0 Å². The van der Waals surface area contributed by atoms with Gasteiger partial charge in [-0.1, -0.05) is 36.4 Å². The molecule has 2 aromatic carbocycles. The molecule has 0 bridgehead atoms. The maximum Gasteiger partial charge on any atom is 0.161 e.